The van der Waals surface area contributed by atoms with Crippen molar-refractivity contribution >= 4 is 28.8 Å². The number of rotatable bonds is 6. The Morgan fingerprint density at radius 1 is 1.25 bits per heavy atom. The Kier molecular flexibility index (Phi) is 6.65. The summed E-state index contributed by atoms with van der Waals surface area (Å²) in [5, 5.41) is 9.64. The Morgan fingerprint density at radius 2 is 2.00 bits per heavy atom. The zero-order valence-electron chi connectivity index (χ0n) is 18.7. The maximum atomic E-state index is 11.2. The van der Waals surface area contributed by atoms with Gasteiger partial charge in [0.05, 0.1) is 16.1 Å². The van der Waals surface area contributed by atoms with Gasteiger partial charge in [0, 0.05) is 30.7 Å². The third kappa shape index (κ3) is 5.04. The number of pyridine rings is 1. The van der Waals surface area contributed by atoms with Crippen LogP contribution < -0.4 is 4.74 Å². The molecule has 170 valence electrons. The van der Waals surface area contributed by atoms with E-state index in [-0.39, 0.29) is 6.01 Å². The van der Waals surface area contributed by atoms with Crippen LogP contribution in [-0.4, -0.2) is 30.8 Å². The van der Waals surface area contributed by atoms with Gasteiger partial charge in [0.2, 0.25) is 0 Å². The smallest absolute Gasteiger partial charge is 0.449 e. The number of hydrogen-bond donors (Lipinski definition) is 1. The van der Waals surface area contributed by atoms with Crippen LogP contribution in [0.3, 0.4) is 0 Å². The van der Waals surface area contributed by atoms with Gasteiger partial charge < -0.3 is 14.4 Å². The first-order chi connectivity index (χ1) is 15.3. The van der Waals surface area contributed by atoms with E-state index in [0.717, 1.165) is 35.5 Å². The predicted molar refractivity (Wildman–Crippen MR) is 124 cm³/mol. The molecule has 0 aromatic carbocycles. The van der Waals surface area contributed by atoms with Gasteiger partial charge in [-0.05, 0) is 48.6 Å². The molecule has 0 atom stereocenters. The second-order valence-corrected chi connectivity index (χ2v) is 9.78. The number of ether oxygens (including phenoxy) is 1. The van der Waals surface area contributed by atoms with Crippen LogP contribution in [0.5, 0.6) is 6.01 Å². The molecule has 0 aliphatic heterocycles. The van der Waals surface area contributed by atoms with E-state index < -0.39 is 6.16 Å². The molecule has 1 aliphatic carbocycles. The number of halogens is 1. The largest absolute Gasteiger partial charge is 0.513 e. The fraction of sp³-hybridized carbons (Fsp3) is 0.500. The van der Waals surface area contributed by atoms with Crippen molar-refractivity contribution in [2.75, 3.05) is 0 Å². The van der Waals surface area contributed by atoms with Gasteiger partial charge in [-0.2, -0.15) is 9.97 Å². The Labute approximate surface area is 192 Å². The highest BCUT2D eigenvalue weighted by molar-refractivity contribution is 6.30. The van der Waals surface area contributed by atoms with Crippen LogP contribution in [0.25, 0.3) is 22.3 Å². The summed E-state index contributed by atoms with van der Waals surface area (Å²) in [4.78, 5) is 24.4. The molecule has 0 spiro atoms. The van der Waals surface area contributed by atoms with Crippen molar-refractivity contribution in [2.45, 2.75) is 59.4 Å². The van der Waals surface area contributed by atoms with Crippen molar-refractivity contribution in [2.24, 2.45) is 17.8 Å². The minimum atomic E-state index is -1.44. The average Bonchev–Trinajstić information content (AvgIpc) is 3.05. The van der Waals surface area contributed by atoms with Gasteiger partial charge in [0.25, 0.3) is 0 Å². The monoisotopic (exact) mass is 456 g/mol. The normalized spacial score (nSPS) is 18.9. The van der Waals surface area contributed by atoms with Crippen molar-refractivity contribution in [3.8, 4) is 17.3 Å². The molecule has 8 heteroatoms. The van der Waals surface area contributed by atoms with E-state index in [1.54, 1.807) is 18.5 Å². The fourth-order valence-corrected chi connectivity index (χ4v) is 4.81. The molecule has 3 aromatic heterocycles. The number of nitrogens with zero attached hydrogens (tertiary/aromatic N) is 4. The molecular weight excluding hydrogens is 428 g/mol. The van der Waals surface area contributed by atoms with Crippen molar-refractivity contribution in [1.82, 2.24) is 19.5 Å². The molecule has 3 aromatic rings. The topological polar surface area (TPSA) is 90.1 Å². The van der Waals surface area contributed by atoms with Crippen LogP contribution in [-0.2, 0) is 13.0 Å². The third-order valence-corrected chi connectivity index (χ3v) is 6.35. The lowest BCUT2D eigenvalue weighted by Crippen LogP contribution is -2.17. The molecular formula is C24H29ClN4O3. The SMILES string of the molecule is CC(C)Cc1cn(CC2CCC(C)CC2)c2c(-c3cncc(Cl)c3)nc(OC(=O)O)nc12. The maximum Gasteiger partial charge on any atom is 0.513 e. The predicted octanol–water partition coefficient (Wildman–Crippen LogP) is 6.23. The number of aromatic nitrogens is 4. The Bertz CT molecular complexity index is 1120. The van der Waals surface area contributed by atoms with Crippen molar-refractivity contribution in [3.63, 3.8) is 0 Å². The van der Waals surface area contributed by atoms with Crippen LogP contribution in [0, 0.1) is 17.8 Å². The van der Waals surface area contributed by atoms with Crippen LogP contribution in [0.4, 0.5) is 4.79 Å². The van der Waals surface area contributed by atoms with E-state index in [1.807, 2.05) is 0 Å². The summed E-state index contributed by atoms with van der Waals surface area (Å²) in [7, 11) is 0. The van der Waals surface area contributed by atoms with E-state index in [2.05, 4.69) is 46.5 Å². The lowest BCUT2D eigenvalue weighted by atomic mass is 9.83. The lowest BCUT2D eigenvalue weighted by molar-refractivity contribution is 0.140. The standard InChI is InChI=1S/C24H29ClN4O3/c1-14(2)8-18-13-29(12-16-6-4-15(3)5-7-16)22-20(17-9-19(25)11-26-10-17)27-23(28-21(18)22)32-24(30)31/h9-11,13-16H,4-8,12H2,1-3H3,(H,30,31). The molecule has 1 saturated carbocycles. The van der Waals surface area contributed by atoms with Gasteiger partial charge in [-0.15, -0.1) is 0 Å². The molecule has 0 amide bonds. The van der Waals surface area contributed by atoms with Crippen molar-refractivity contribution < 1.29 is 14.6 Å². The van der Waals surface area contributed by atoms with Gasteiger partial charge in [-0.1, -0.05) is 45.2 Å². The summed E-state index contributed by atoms with van der Waals surface area (Å²) in [6.07, 6.45) is 9.68. The zero-order chi connectivity index (χ0) is 22.8. The summed E-state index contributed by atoms with van der Waals surface area (Å²) in [5.41, 5.74) is 3.95. The first-order valence-corrected chi connectivity index (χ1v) is 11.6. The van der Waals surface area contributed by atoms with Gasteiger partial charge in [0.1, 0.15) is 5.69 Å². The van der Waals surface area contributed by atoms with E-state index in [0.29, 0.717) is 28.1 Å². The van der Waals surface area contributed by atoms with E-state index in [1.165, 1.54) is 25.7 Å². The Balaban J connectivity index is 1.89. The van der Waals surface area contributed by atoms with E-state index in [4.69, 9.17) is 21.4 Å². The number of fused-ring (bicyclic) bond motifs is 1. The van der Waals surface area contributed by atoms with Gasteiger partial charge in [-0.25, -0.2) is 4.79 Å². The van der Waals surface area contributed by atoms with Gasteiger partial charge in [0.15, 0.2) is 0 Å². The third-order valence-electron chi connectivity index (χ3n) is 6.14. The van der Waals surface area contributed by atoms with Crippen LogP contribution >= 0.6 is 11.6 Å². The molecule has 0 saturated heterocycles. The Morgan fingerprint density at radius 3 is 2.66 bits per heavy atom. The van der Waals surface area contributed by atoms with Crippen molar-refractivity contribution in [1.29, 1.82) is 0 Å². The van der Waals surface area contributed by atoms with Crippen LogP contribution in [0.15, 0.2) is 24.7 Å². The fourth-order valence-electron chi connectivity index (χ4n) is 4.63. The minimum Gasteiger partial charge on any atom is -0.449 e. The van der Waals surface area contributed by atoms with Gasteiger partial charge >= 0.3 is 12.2 Å². The average molecular weight is 457 g/mol. The highest BCUT2D eigenvalue weighted by Crippen LogP contribution is 2.35. The second-order valence-electron chi connectivity index (χ2n) is 9.34. The molecule has 0 radical (unpaired) electrons. The number of carboxylic acid groups (broad SMARTS) is 1. The molecule has 0 unspecified atom stereocenters. The molecule has 32 heavy (non-hydrogen) atoms. The summed E-state index contributed by atoms with van der Waals surface area (Å²) in [5.74, 6) is 1.80. The molecule has 1 aliphatic rings. The highest BCUT2D eigenvalue weighted by atomic mass is 35.5. The summed E-state index contributed by atoms with van der Waals surface area (Å²) in [6, 6.07) is 1.59. The van der Waals surface area contributed by atoms with E-state index >= 15 is 0 Å². The quantitative estimate of drug-likeness (QED) is 0.442. The molecule has 3 heterocycles. The van der Waals surface area contributed by atoms with Crippen LogP contribution in [0.2, 0.25) is 5.02 Å². The molecule has 1 fully saturated rings. The Hall–Kier alpha value is -2.67. The maximum absolute atomic E-state index is 11.2. The zero-order valence-corrected chi connectivity index (χ0v) is 19.5. The molecule has 1 N–H and O–H groups in total. The van der Waals surface area contributed by atoms with Gasteiger partial charge in [-0.3, -0.25) is 4.98 Å². The van der Waals surface area contributed by atoms with Crippen molar-refractivity contribution in [3.05, 3.63) is 35.2 Å². The van der Waals surface area contributed by atoms with Crippen LogP contribution in [0.1, 0.15) is 52.0 Å². The summed E-state index contributed by atoms with van der Waals surface area (Å²) >= 11 is 6.22. The lowest BCUT2D eigenvalue weighted by Gasteiger charge is -2.26. The minimum absolute atomic E-state index is 0.186. The molecule has 4 rings (SSSR count). The number of carbonyl (C=O) groups is 1. The van der Waals surface area contributed by atoms with E-state index in [9.17, 15) is 4.79 Å². The first-order valence-electron chi connectivity index (χ1n) is 11.2. The number of hydrogen-bond acceptors (Lipinski definition) is 5. The molecule has 0 bridgehead atoms. The second kappa shape index (κ2) is 9.45. The molecule has 7 nitrogen and oxygen atoms in total. The first kappa shape index (κ1) is 22.5. The summed E-state index contributed by atoms with van der Waals surface area (Å²) in [6.45, 7) is 7.52. The summed E-state index contributed by atoms with van der Waals surface area (Å²) < 4.78 is 7.12. The highest BCUT2D eigenvalue weighted by Gasteiger charge is 2.24.